The first-order chi connectivity index (χ1) is 9.58. The van der Waals surface area contributed by atoms with Gasteiger partial charge in [-0.25, -0.2) is 4.79 Å². The van der Waals surface area contributed by atoms with E-state index in [1.807, 2.05) is 32.0 Å². The second-order valence-corrected chi connectivity index (χ2v) is 4.83. The summed E-state index contributed by atoms with van der Waals surface area (Å²) in [6.07, 6.45) is 0.834. The van der Waals surface area contributed by atoms with E-state index < -0.39 is 5.97 Å². The summed E-state index contributed by atoms with van der Waals surface area (Å²) in [4.78, 5) is 11.0. The number of rotatable bonds is 5. The summed E-state index contributed by atoms with van der Waals surface area (Å²) in [5.41, 5.74) is 3.24. The molecule has 20 heavy (non-hydrogen) atoms. The highest BCUT2D eigenvalue weighted by atomic mass is 16.5. The lowest BCUT2D eigenvalue weighted by Gasteiger charge is -2.13. The van der Waals surface area contributed by atoms with E-state index in [4.69, 9.17) is 9.84 Å². The SMILES string of the molecule is Cc1cc(C(=O)O)cc(C)c1OCCc1ccccc1. The van der Waals surface area contributed by atoms with E-state index in [1.54, 1.807) is 12.1 Å². The molecule has 0 fully saturated rings. The molecule has 0 aromatic heterocycles. The highest BCUT2D eigenvalue weighted by molar-refractivity contribution is 5.88. The number of carboxylic acid groups (broad SMARTS) is 1. The average molecular weight is 270 g/mol. The van der Waals surface area contributed by atoms with Crippen LogP contribution in [0.25, 0.3) is 0 Å². The number of aryl methyl sites for hydroxylation is 2. The molecule has 0 aliphatic rings. The molecule has 0 heterocycles. The predicted octanol–water partition coefficient (Wildman–Crippen LogP) is 3.62. The van der Waals surface area contributed by atoms with E-state index >= 15 is 0 Å². The van der Waals surface area contributed by atoms with Crippen molar-refractivity contribution in [3.63, 3.8) is 0 Å². The van der Waals surface area contributed by atoms with E-state index in [0.29, 0.717) is 12.2 Å². The van der Waals surface area contributed by atoms with Crippen LogP contribution in [0.1, 0.15) is 27.0 Å². The number of carbonyl (C=O) groups is 1. The second kappa shape index (κ2) is 6.24. The van der Waals surface area contributed by atoms with Crippen molar-refractivity contribution in [3.8, 4) is 5.75 Å². The van der Waals surface area contributed by atoms with Crippen LogP contribution < -0.4 is 4.74 Å². The molecular weight excluding hydrogens is 252 g/mol. The number of hydrogen-bond acceptors (Lipinski definition) is 2. The van der Waals surface area contributed by atoms with E-state index in [9.17, 15) is 4.79 Å². The summed E-state index contributed by atoms with van der Waals surface area (Å²) in [7, 11) is 0. The molecule has 1 N–H and O–H groups in total. The van der Waals surface area contributed by atoms with Gasteiger partial charge in [0, 0.05) is 6.42 Å². The lowest BCUT2D eigenvalue weighted by molar-refractivity contribution is 0.0696. The fourth-order valence-corrected chi connectivity index (χ4v) is 2.22. The van der Waals surface area contributed by atoms with Crippen LogP contribution in [0, 0.1) is 13.8 Å². The van der Waals surface area contributed by atoms with Crippen molar-refractivity contribution < 1.29 is 14.6 Å². The molecule has 0 unspecified atom stereocenters. The number of benzene rings is 2. The van der Waals surface area contributed by atoms with Crippen molar-refractivity contribution in [1.82, 2.24) is 0 Å². The summed E-state index contributed by atoms with van der Waals surface area (Å²) in [5, 5.41) is 9.01. The standard InChI is InChI=1S/C17H18O3/c1-12-10-15(17(18)19)11-13(2)16(12)20-9-8-14-6-4-3-5-7-14/h3-7,10-11H,8-9H2,1-2H3,(H,18,19). The van der Waals surface area contributed by atoms with Gasteiger partial charge in [0.1, 0.15) is 5.75 Å². The smallest absolute Gasteiger partial charge is 0.335 e. The van der Waals surface area contributed by atoms with Crippen LogP contribution in [-0.2, 0) is 6.42 Å². The van der Waals surface area contributed by atoms with Gasteiger partial charge in [-0.1, -0.05) is 30.3 Å². The van der Waals surface area contributed by atoms with Crippen molar-refractivity contribution in [3.05, 3.63) is 64.7 Å². The molecule has 2 rings (SSSR count). The highest BCUT2D eigenvalue weighted by Crippen LogP contribution is 2.25. The molecule has 0 saturated carbocycles. The zero-order valence-electron chi connectivity index (χ0n) is 11.7. The van der Waals surface area contributed by atoms with Gasteiger partial charge < -0.3 is 9.84 Å². The Morgan fingerprint density at radius 2 is 1.70 bits per heavy atom. The third kappa shape index (κ3) is 3.38. The monoisotopic (exact) mass is 270 g/mol. The van der Waals surface area contributed by atoms with Gasteiger partial charge in [-0.2, -0.15) is 0 Å². The molecule has 0 aliphatic heterocycles. The molecule has 0 bridgehead atoms. The Morgan fingerprint density at radius 3 is 2.25 bits per heavy atom. The highest BCUT2D eigenvalue weighted by Gasteiger charge is 2.10. The zero-order chi connectivity index (χ0) is 14.5. The topological polar surface area (TPSA) is 46.5 Å². The number of carboxylic acids is 1. The quantitative estimate of drug-likeness (QED) is 0.902. The molecule has 0 spiro atoms. The van der Waals surface area contributed by atoms with Crippen molar-refractivity contribution in [2.24, 2.45) is 0 Å². The van der Waals surface area contributed by atoms with Gasteiger partial charge in [0.15, 0.2) is 0 Å². The van der Waals surface area contributed by atoms with Gasteiger partial charge in [0.2, 0.25) is 0 Å². The van der Waals surface area contributed by atoms with E-state index in [2.05, 4.69) is 12.1 Å². The molecular formula is C17H18O3. The average Bonchev–Trinajstić information content (AvgIpc) is 2.42. The van der Waals surface area contributed by atoms with Crippen molar-refractivity contribution in [2.75, 3.05) is 6.61 Å². The maximum Gasteiger partial charge on any atom is 0.335 e. The minimum atomic E-state index is -0.910. The summed E-state index contributed by atoms with van der Waals surface area (Å²) < 4.78 is 5.81. The lowest BCUT2D eigenvalue weighted by Crippen LogP contribution is -2.05. The molecule has 2 aromatic rings. The first-order valence-electron chi connectivity index (χ1n) is 6.59. The third-order valence-corrected chi connectivity index (χ3v) is 3.19. The number of aromatic carboxylic acids is 1. The predicted molar refractivity (Wildman–Crippen MR) is 78.5 cm³/mol. The summed E-state index contributed by atoms with van der Waals surface area (Å²) in [5.74, 6) is -0.127. The zero-order valence-corrected chi connectivity index (χ0v) is 11.7. The van der Waals surface area contributed by atoms with Crippen LogP contribution in [0.3, 0.4) is 0 Å². The Labute approximate surface area is 118 Å². The first-order valence-corrected chi connectivity index (χ1v) is 6.59. The van der Waals surface area contributed by atoms with Crippen molar-refractivity contribution in [2.45, 2.75) is 20.3 Å². The van der Waals surface area contributed by atoms with Gasteiger partial charge in [-0.15, -0.1) is 0 Å². The maximum absolute atomic E-state index is 11.0. The Hall–Kier alpha value is -2.29. The van der Waals surface area contributed by atoms with Gasteiger partial charge in [0.05, 0.1) is 12.2 Å². The lowest BCUT2D eigenvalue weighted by atomic mass is 10.1. The molecule has 3 nitrogen and oxygen atoms in total. The largest absolute Gasteiger partial charge is 0.493 e. The molecule has 0 atom stereocenters. The first kappa shape index (κ1) is 14.1. The minimum absolute atomic E-state index is 0.301. The van der Waals surface area contributed by atoms with Crippen LogP contribution >= 0.6 is 0 Å². The summed E-state index contributed by atoms with van der Waals surface area (Å²) in [6, 6.07) is 13.4. The Balaban J connectivity index is 2.05. The maximum atomic E-state index is 11.0. The molecule has 0 aliphatic carbocycles. The second-order valence-electron chi connectivity index (χ2n) is 4.83. The van der Waals surface area contributed by atoms with E-state index in [1.165, 1.54) is 5.56 Å². The molecule has 0 saturated heterocycles. The van der Waals surface area contributed by atoms with Crippen LogP contribution in [0.5, 0.6) is 5.75 Å². The molecule has 0 amide bonds. The minimum Gasteiger partial charge on any atom is -0.493 e. The molecule has 104 valence electrons. The Bertz CT molecular complexity index is 580. The van der Waals surface area contributed by atoms with Crippen LogP contribution in [0.2, 0.25) is 0 Å². The van der Waals surface area contributed by atoms with Crippen molar-refractivity contribution in [1.29, 1.82) is 0 Å². The van der Waals surface area contributed by atoms with Gasteiger partial charge in [-0.3, -0.25) is 0 Å². The van der Waals surface area contributed by atoms with E-state index in [-0.39, 0.29) is 0 Å². The fourth-order valence-electron chi connectivity index (χ4n) is 2.22. The van der Waals surface area contributed by atoms with Crippen molar-refractivity contribution >= 4 is 5.97 Å². The van der Waals surface area contributed by atoms with Gasteiger partial charge in [0.25, 0.3) is 0 Å². The van der Waals surface area contributed by atoms with E-state index in [0.717, 1.165) is 23.3 Å². The number of ether oxygens (including phenoxy) is 1. The van der Waals surface area contributed by atoms with Crippen LogP contribution in [0.15, 0.2) is 42.5 Å². The van der Waals surface area contributed by atoms with Gasteiger partial charge in [-0.05, 0) is 42.7 Å². The fraction of sp³-hybridized carbons (Fsp3) is 0.235. The van der Waals surface area contributed by atoms with Crippen LogP contribution in [-0.4, -0.2) is 17.7 Å². The third-order valence-electron chi connectivity index (χ3n) is 3.19. The summed E-state index contributed by atoms with van der Waals surface area (Å²) >= 11 is 0. The molecule has 3 heteroatoms. The van der Waals surface area contributed by atoms with Crippen LogP contribution in [0.4, 0.5) is 0 Å². The molecule has 2 aromatic carbocycles. The normalized spacial score (nSPS) is 10.3. The molecule has 0 radical (unpaired) electrons. The Morgan fingerprint density at radius 1 is 1.10 bits per heavy atom. The Kier molecular flexibility index (Phi) is 4.41. The summed E-state index contributed by atoms with van der Waals surface area (Å²) in [6.45, 7) is 4.33. The number of hydrogen-bond donors (Lipinski definition) is 1. The van der Waals surface area contributed by atoms with Gasteiger partial charge >= 0.3 is 5.97 Å².